The third-order valence-corrected chi connectivity index (χ3v) is 3.51. The van der Waals surface area contributed by atoms with Crippen molar-refractivity contribution in [1.29, 1.82) is 0 Å². The second-order valence-electron chi connectivity index (χ2n) is 4.81. The maximum atomic E-state index is 10.3. The first kappa shape index (κ1) is 11.2. The lowest BCUT2D eigenvalue weighted by Gasteiger charge is -2.36. The number of aryl methyl sites for hydroxylation is 2. The summed E-state index contributed by atoms with van der Waals surface area (Å²) >= 11 is 0. The summed E-state index contributed by atoms with van der Waals surface area (Å²) in [5, 5.41) is 14.6. The Morgan fingerprint density at radius 3 is 2.94 bits per heavy atom. The van der Waals surface area contributed by atoms with Crippen LogP contribution in [0.2, 0.25) is 0 Å². The van der Waals surface area contributed by atoms with Gasteiger partial charge in [-0.05, 0) is 19.9 Å². The molecule has 3 N–H and O–H groups in total. The van der Waals surface area contributed by atoms with E-state index < -0.39 is 18.4 Å². The molecule has 2 aliphatic heterocycles. The lowest BCUT2D eigenvalue weighted by molar-refractivity contribution is -0.163. The molecule has 0 radical (unpaired) electrons. The fourth-order valence-electron chi connectivity index (χ4n) is 2.64. The van der Waals surface area contributed by atoms with E-state index in [1.807, 2.05) is 19.9 Å². The van der Waals surface area contributed by atoms with Gasteiger partial charge >= 0.3 is 0 Å². The fraction of sp³-hybridized carbons (Fsp3) is 0.727. The number of nitrogens with two attached hydrogens (primary N) is 1. The first-order valence-electron chi connectivity index (χ1n) is 5.81. The zero-order valence-electron chi connectivity index (χ0n) is 9.91. The van der Waals surface area contributed by atoms with Crippen molar-refractivity contribution in [2.75, 3.05) is 6.61 Å². The van der Waals surface area contributed by atoms with Crippen LogP contribution in [0.15, 0.2) is 6.07 Å². The van der Waals surface area contributed by atoms with Gasteiger partial charge in [-0.1, -0.05) is 0 Å². The highest BCUT2D eigenvalue weighted by Gasteiger charge is 2.50. The van der Waals surface area contributed by atoms with E-state index in [2.05, 4.69) is 5.10 Å². The zero-order valence-corrected chi connectivity index (χ0v) is 9.91. The van der Waals surface area contributed by atoms with Crippen molar-refractivity contribution in [3.63, 3.8) is 0 Å². The molecule has 2 fully saturated rings. The normalized spacial score (nSPS) is 40.8. The molecule has 2 aliphatic rings. The summed E-state index contributed by atoms with van der Waals surface area (Å²) in [6.45, 7) is 4.30. The average Bonchev–Trinajstić information content (AvgIpc) is 2.83. The van der Waals surface area contributed by atoms with Crippen molar-refractivity contribution < 1.29 is 14.6 Å². The van der Waals surface area contributed by atoms with E-state index in [-0.39, 0.29) is 12.1 Å². The summed E-state index contributed by atoms with van der Waals surface area (Å²) in [6, 6.07) is 1.17. The smallest absolute Gasteiger partial charge is 0.183 e. The van der Waals surface area contributed by atoms with Crippen molar-refractivity contribution in [1.82, 2.24) is 9.78 Å². The van der Waals surface area contributed by atoms with Crippen LogP contribution in [0.5, 0.6) is 0 Å². The summed E-state index contributed by atoms with van der Waals surface area (Å²) in [5.74, 6) is 0. The van der Waals surface area contributed by atoms with Crippen molar-refractivity contribution in [2.24, 2.45) is 5.73 Å². The molecule has 17 heavy (non-hydrogen) atoms. The van der Waals surface area contributed by atoms with Crippen molar-refractivity contribution in [2.45, 2.75) is 44.4 Å². The molecule has 2 bridgehead atoms. The second-order valence-corrected chi connectivity index (χ2v) is 4.81. The number of hydrogen-bond donors (Lipinski definition) is 2. The van der Waals surface area contributed by atoms with Crippen LogP contribution in [-0.2, 0) is 9.47 Å². The van der Waals surface area contributed by atoms with Crippen LogP contribution >= 0.6 is 0 Å². The monoisotopic (exact) mass is 239 g/mol. The first-order chi connectivity index (χ1) is 8.08. The lowest BCUT2D eigenvalue weighted by atomic mass is 9.97. The molecule has 0 spiro atoms. The molecule has 0 amide bonds. The molecule has 6 nitrogen and oxygen atoms in total. The number of ether oxygens (including phenoxy) is 2. The molecular weight excluding hydrogens is 222 g/mol. The van der Waals surface area contributed by atoms with E-state index in [4.69, 9.17) is 15.2 Å². The average molecular weight is 239 g/mol. The summed E-state index contributed by atoms with van der Waals surface area (Å²) in [6.07, 6.45) is -1.35. The lowest BCUT2D eigenvalue weighted by Crippen LogP contribution is -2.55. The number of aliphatic hydroxyl groups excluding tert-OH is 1. The Kier molecular flexibility index (Phi) is 2.48. The molecule has 1 aromatic rings. The van der Waals surface area contributed by atoms with Crippen LogP contribution in [0.25, 0.3) is 0 Å². The third-order valence-electron chi connectivity index (χ3n) is 3.51. The highest BCUT2D eigenvalue weighted by molar-refractivity contribution is 5.10. The quantitative estimate of drug-likeness (QED) is 0.689. The number of hydrogen-bond acceptors (Lipinski definition) is 5. The second kappa shape index (κ2) is 3.78. The molecule has 94 valence electrons. The van der Waals surface area contributed by atoms with Crippen LogP contribution in [0.3, 0.4) is 0 Å². The van der Waals surface area contributed by atoms with Crippen molar-refractivity contribution in [3.8, 4) is 0 Å². The zero-order chi connectivity index (χ0) is 12.2. The third kappa shape index (κ3) is 1.60. The molecule has 3 rings (SSSR count). The Morgan fingerprint density at radius 2 is 2.29 bits per heavy atom. The van der Waals surface area contributed by atoms with Gasteiger partial charge in [-0.15, -0.1) is 0 Å². The van der Waals surface area contributed by atoms with Crippen molar-refractivity contribution >= 4 is 0 Å². The van der Waals surface area contributed by atoms with E-state index in [1.54, 1.807) is 4.68 Å². The van der Waals surface area contributed by atoms with Gasteiger partial charge in [0.15, 0.2) is 6.29 Å². The van der Waals surface area contributed by atoms with E-state index in [9.17, 15) is 5.11 Å². The van der Waals surface area contributed by atoms with Gasteiger partial charge in [0.25, 0.3) is 0 Å². The number of aliphatic hydroxyl groups is 1. The predicted octanol–water partition coefficient (Wildman–Crippen LogP) is -0.516. The maximum absolute atomic E-state index is 10.3. The Bertz CT molecular complexity index is 434. The molecule has 0 aromatic carbocycles. The van der Waals surface area contributed by atoms with Gasteiger partial charge in [0, 0.05) is 5.69 Å². The van der Waals surface area contributed by atoms with E-state index >= 15 is 0 Å². The standard InChI is InChI=1S/C11H17N3O3/c1-5-3-6(2)14(13-5)9-10(15)8(12)7-4-16-11(9)17-7/h3,7-11,15H,4,12H2,1-2H3. The van der Waals surface area contributed by atoms with Gasteiger partial charge in [0.1, 0.15) is 12.1 Å². The number of aromatic nitrogens is 2. The Labute approximate surface area is 99.3 Å². The first-order valence-corrected chi connectivity index (χ1v) is 5.81. The van der Waals surface area contributed by atoms with Gasteiger partial charge in [0.05, 0.1) is 24.4 Å². The summed E-state index contributed by atoms with van der Waals surface area (Å²) in [4.78, 5) is 0. The number of rotatable bonds is 1. The minimum Gasteiger partial charge on any atom is -0.389 e. The maximum Gasteiger partial charge on any atom is 0.183 e. The molecule has 0 aliphatic carbocycles. The highest BCUT2D eigenvalue weighted by Crippen LogP contribution is 2.35. The highest BCUT2D eigenvalue weighted by atomic mass is 16.7. The molecule has 5 atom stereocenters. The largest absolute Gasteiger partial charge is 0.389 e. The number of fused-ring (bicyclic) bond motifs is 2. The molecule has 2 saturated heterocycles. The molecule has 5 unspecified atom stereocenters. The molecule has 0 saturated carbocycles. The van der Waals surface area contributed by atoms with Crippen LogP contribution in [0.1, 0.15) is 17.4 Å². The van der Waals surface area contributed by atoms with E-state index in [0.717, 1.165) is 11.4 Å². The van der Waals surface area contributed by atoms with E-state index in [1.165, 1.54) is 0 Å². The molecule has 3 heterocycles. The van der Waals surface area contributed by atoms with Gasteiger partial charge in [-0.3, -0.25) is 4.68 Å². The molecule has 6 heteroatoms. The molecule has 1 aromatic heterocycles. The number of nitrogens with zero attached hydrogens (tertiary/aromatic N) is 2. The van der Waals surface area contributed by atoms with Gasteiger partial charge in [-0.25, -0.2) is 0 Å². The summed E-state index contributed by atoms with van der Waals surface area (Å²) < 4.78 is 12.9. The predicted molar refractivity (Wildman–Crippen MR) is 59.3 cm³/mol. The van der Waals surface area contributed by atoms with Crippen LogP contribution in [-0.4, -0.2) is 46.0 Å². The Balaban J connectivity index is 1.98. The minimum absolute atomic E-state index is 0.205. The van der Waals surface area contributed by atoms with Crippen LogP contribution in [0.4, 0.5) is 0 Å². The van der Waals surface area contributed by atoms with Gasteiger partial charge in [0.2, 0.25) is 0 Å². The van der Waals surface area contributed by atoms with E-state index in [0.29, 0.717) is 6.61 Å². The Morgan fingerprint density at radius 1 is 1.53 bits per heavy atom. The van der Waals surface area contributed by atoms with Gasteiger partial charge < -0.3 is 20.3 Å². The topological polar surface area (TPSA) is 82.5 Å². The summed E-state index contributed by atoms with van der Waals surface area (Å²) in [7, 11) is 0. The van der Waals surface area contributed by atoms with Crippen molar-refractivity contribution in [3.05, 3.63) is 17.5 Å². The summed E-state index contributed by atoms with van der Waals surface area (Å²) in [5.41, 5.74) is 7.82. The van der Waals surface area contributed by atoms with Crippen LogP contribution < -0.4 is 5.73 Å². The Hall–Kier alpha value is -0.950. The SMILES string of the molecule is Cc1cc(C)n(C2C3OCC(O3)C(N)C2O)n1. The van der Waals surface area contributed by atoms with Crippen LogP contribution in [0, 0.1) is 13.8 Å². The fourth-order valence-corrected chi connectivity index (χ4v) is 2.64. The minimum atomic E-state index is -0.695. The van der Waals surface area contributed by atoms with Gasteiger partial charge in [-0.2, -0.15) is 5.10 Å². The molecular formula is C11H17N3O3.